The van der Waals surface area contributed by atoms with Crippen LogP contribution in [0.3, 0.4) is 0 Å². The lowest BCUT2D eigenvalue weighted by Gasteiger charge is -2.10. The fourth-order valence-electron chi connectivity index (χ4n) is 1.68. The highest BCUT2D eigenvalue weighted by Gasteiger charge is 2.06. The maximum absolute atomic E-state index is 5.86. The number of pyridine rings is 2. The van der Waals surface area contributed by atoms with Gasteiger partial charge in [-0.05, 0) is 31.5 Å². The molecular formula is C14H17N3O. The Kier molecular flexibility index (Phi) is 3.77. The van der Waals surface area contributed by atoms with Gasteiger partial charge >= 0.3 is 0 Å². The molecule has 0 bridgehead atoms. The molecule has 0 aliphatic carbocycles. The molecule has 0 aliphatic heterocycles. The lowest BCUT2D eigenvalue weighted by molar-refractivity contribution is 0.472. The minimum absolute atomic E-state index is 0.759. The van der Waals surface area contributed by atoms with Gasteiger partial charge in [0.2, 0.25) is 0 Å². The largest absolute Gasteiger partial charge is 0.455 e. The summed E-state index contributed by atoms with van der Waals surface area (Å²) in [6, 6.07) is 7.61. The van der Waals surface area contributed by atoms with Gasteiger partial charge in [-0.2, -0.15) is 0 Å². The molecule has 0 atom stereocenters. The van der Waals surface area contributed by atoms with Crippen LogP contribution in [-0.2, 0) is 6.42 Å². The number of rotatable bonds is 4. The van der Waals surface area contributed by atoms with E-state index in [1.807, 2.05) is 38.2 Å². The quantitative estimate of drug-likeness (QED) is 0.895. The van der Waals surface area contributed by atoms with Crippen molar-refractivity contribution < 1.29 is 4.74 Å². The number of aryl methyl sites for hydroxylation is 2. The van der Waals surface area contributed by atoms with Crippen molar-refractivity contribution in [3.63, 3.8) is 0 Å². The fraction of sp³-hybridized carbons (Fsp3) is 0.286. The summed E-state index contributed by atoms with van der Waals surface area (Å²) in [5, 5.41) is 2.98. The normalized spacial score (nSPS) is 10.2. The Hall–Kier alpha value is -2.10. The molecule has 2 rings (SSSR count). The van der Waals surface area contributed by atoms with Crippen LogP contribution in [0.2, 0.25) is 0 Å². The highest BCUT2D eigenvalue weighted by atomic mass is 16.5. The third-order valence-corrected chi connectivity index (χ3v) is 2.62. The van der Waals surface area contributed by atoms with Gasteiger partial charge in [-0.3, -0.25) is 4.98 Å². The molecule has 18 heavy (non-hydrogen) atoms. The Morgan fingerprint density at radius 3 is 2.83 bits per heavy atom. The third-order valence-electron chi connectivity index (χ3n) is 2.62. The minimum atomic E-state index is 0.759. The molecule has 0 saturated carbocycles. The van der Waals surface area contributed by atoms with E-state index in [2.05, 4.69) is 22.2 Å². The van der Waals surface area contributed by atoms with Gasteiger partial charge in [0.05, 0.1) is 5.69 Å². The zero-order valence-corrected chi connectivity index (χ0v) is 10.9. The average Bonchev–Trinajstić information content (AvgIpc) is 2.41. The molecule has 0 aromatic carbocycles. The van der Waals surface area contributed by atoms with Gasteiger partial charge in [0.25, 0.3) is 0 Å². The number of hydrogen-bond acceptors (Lipinski definition) is 4. The Labute approximate surface area is 107 Å². The summed E-state index contributed by atoms with van der Waals surface area (Å²) in [5.41, 5.74) is 1.97. The highest BCUT2D eigenvalue weighted by Crippen LogP contribution is 2.25. The second-order valence-electron chi connectivity index (χ2n) is 3.98. The van der Waals surface area contributed by atoms with Crippen molar-refractivity contribution in [1.29, 1.82) is 0 Å². The Morgan fingerprint density at radius 2 is 2.11 bits per heavy atom. The first-order chi connectivity index (χ1) is 8.72. The summed E-state index contributed by atoms with van der Waals surface area (Å²) in [6.07, 6.45) is 2.56. The van der Waals surface area contributed by atoms with E-state index in [4.69, 9.17) is 4.74 Å². The van der Waals surface area contributed by atoms with Gasteiger partial charge in [-0.1, -0.05) is 6.92 Å². The molecule has 4 nitrogen and oxygen atoms in total. The number of aromatic nitrogens is 2. The molecule has 0 amide bonds. The lowest BCUT2D eigenvalue weighted by Crippen LogP contribution is -1.97. The number of nitrogens with zero attached hydrogens (tertiary/aromatic N) is 2. The molecule has 0 unspecified atom stereocenters. The molecule has 2 heterocycles. The topological polar surface area (TPSA) is 47.0 Å². The summed E-state index contributed by atoms with van der Waals surface area (Å²) in [5.74, 6) is 2.34. The Bertz CT molecular complexity index is 540. The molecule has 0 aliphatic rings. The van der Waals surface area contributed by atoms with Crippen molar-refractivity contribution in [3.8, 4) is 11.5 Å². The van der Waals surface area contributed by atoms with Gasteiger partial charge in [0.15, 0.2) is 0 Å². The Morgan fingerprint density at radius 1 is 1.28 bits per heavy atom. The van der Waals surface area contributed by atoms with Crippen molar-refractivity contribution in [2.45, 2.75) is 20.3 Å². The van der Waals surface area contributed by atoms with Crippen molar-refractivity contribution in [3.05, 3.63) is 41.9 Å². The monoisotopic (exact) mass is 243 g/mol. The summed E-state index contributed by atoms with van der Waals surface area (Å²) in [4.78, 5) is 8.62. The van der Waals surface area contributed by atoms with Crippen molar-refractivity contribution in [2.24, 2.45) is 0 Å². The van der Waals surface area contributed by atoms with E-state index < -0.39 is 0 Å². The first-order valence-electron chi connectivity index (χ1n) is 6.01. The maximum Gasteiger partial charge on any atom is 0.148 e. The van der Waals surface area contributed by atoms with E-state index in [-0.39, 0.29) is 0 Å². The lowest BCUT2D eigenvalue weighted by atomic mass is 10.2. The second kappa shape index (κ2) is 5.49. The molecule has 4 heteroatoms. The highest BCUT2D eigenvalue weighted by molar-refractivity contribution is 5.42. The number of hydrogen-bond donors (Lipinski definition) is 1. The number of anilines is 1. The molecule has 94 valence electrons. The molecule has 0 saturated heterocycles. The van der Waals surface area contributed by atoms with Crippen LogP contribution in [0.5, 0.6) is 11.5 Å². The molecule has 0 spiro atoms. The number of nitrogens with one attached hydrogen (secondary N) is 1. The van der Waals surface area contributed by atoms with Crippen LogP contribution < -0.4 is 10.1 Å². The summed E-state index contributed by atoms with van der Waals surface area (Å²) in [6.45, 7) is 4.05. The minimum Gasteiger partial charge on any atom is -0.455 e. The molecule has 2 aromatic heterocycles. The van der Waals surface area contributed by atoms with E-state index in [0.717, 1.165) is 35.1 Å². The van der Waals surface area contributed by atoms with Crippen LogP contribution in [0.4, 0.5) is 5.82 Å². The van der Waals surface area contributed by atoms with E-state index >= 15 is 0 Å². The smallest absolute Gasteiger partial charge is 0.148 e. The van der Waals surface area contributed by atoms with Gasteiger partial charge in [-0.25, -0.2) is 4.98 Å². The van der Waals surface area contributed by atoms with Crippen molar-refractivity contribution >= 4 is 5.82 Å². The first kappa shape index (κ1) is 12.4. The van der Waals surface area contributed by atoms with Crippen molar-refractivity contribution in [1.82, 2.24) is 9.97 Å². The van der Waals surface area contributed by atoms with Gasteiger partial charge in [0, 0.05) is 25.0 Å². The average molecular weight is 243 g/mol. The van der Waals surface area contributed by atoms with Crippen LogP contribution in [0.15, 0.2) is 30.5 Å². The van der Waals surface area contributed by atoms with E-state index in [9.17, 15) is 0 Å². The molecule has 2 aromatic rings. The zero-order valence-electron chi connectivity index (χ0n) is 10.9. The van der Waals surface area contributed by atoms with Crippen LogP contribution >= 0.6 is 0 Å². The van der Waals surface area contributed by atoms with Crippen molar-refractivity contribution in [2.75, 3.05) is 12.4 Å². The molecule has 0 fully saturated rings. The third kappa shape index (κ3) is 2.77. The molecule has 0 radical (unpaired) electrons. The fourth-order valence-corrected chi connectivity index (χ4v) is 1.68. The van der Waals surface area contributed by atoms with Crippen LogP contribution in [0, 0.1) is 6.92 Å². The van der Waals surface area contributed by atoms with Crippen LogP contribution in [0.1, 0.15) is 18.3 Å². The number of ether oxygens (including phenoxy) is 1. The maximum atomic E-state index is 5.86. The van der Waals surface area contributed by atoms with Crippen LogP contribution in [0.25, 0.3) is 0 Å². The van der Waals surface area contributed by atoms with E-state index in [0.29, 0.717) is 0 Å². The summed E-state index contributed by atoms with van der Waals surface area (Å²) < 4.78 is 5.86. The van der Waals surface area contributed by atoms with Gasteiger partial charge < -0.3 is 10.1 Å². The summed E-state index contributed by atoms with van der Waals surface area (Å²) >= 11 is 0. The SMILES string of the molecule is CCc1nc(C)ccc1Oc1ccnc(NC)c1. The zero-order chi connectivity index (χ0) is 13.0. The van der Waals surface area contributed by atoms with E-state index in [1.165, 1.54) is 0 Å². The predicted octanol–water partition coefficient (Wildman–Crippen LogP) is 3.18. The molecular weight excluding hydrogens is 226 g/mol. The van der Waals surface area contributed by atoms with E-state index in [1.54, 1.807) is 6.20 Å². The molecule has 1 N–H and O–H groups in total. The predicted molar refractivity (Wildman–Crippen MR) is 72.2 cm³/mol. The standard InChI is InChI=1S/C14H17N3O/c1-4-12-13(6-5-10(2)17-12)18-11-7-8-16-14(9-11)15-3/h5-9H,4H2,1-3H3,(H,15,16). The first-order valence-corrected chi connectivity index (χ1v) is 6.01. The van der Waals surface area contributed by atoms with Crippen LogP contribution in [-0.4, -0.2) is 17.0 Å². The Balaban J connectivity index is 2.27. The summed E-state index contributed by atoms with van der Waals surface area (Å²) in [7, 11) is 1.83. The second-order valence-corrected chi connectivity index (χ2v) is 3.98. The van der Waals surface area contributed by atoms with Gasteiger partial charge in [0.1, 0.15) is 17.3 Å². The van der Waals surface area contributed by atoms with Gasteiger partial charge in [-0.15, -0.1) is 0 Å².